The quantitative estimate of drug-likeness (QED) is 0.248. The van der Waals surface area contributed by atoms with E-state index in [1.807, 2.05) is 36.4 Å². The van der Waals surface area contributed by atoms with Gasteiger partial charge in [-0.2, -0.15) is 10.5 Å². The number of nitrogens with two attached hydrogens (primary N) is 2. The molecule has 0 saturated carbocycles. The molecule has 4 N–H and O–H groups in total. The van der Waals surface area contributed by atoms with E-state index in [9.17, 15) is 9.59 Å². The van der Waals surface area contributed by atoms with E-state index in [-0.39, 0.29) is 0 Å². The normalized spacial score (nSPS) is 9.37. The monoisotopic (exact) mass is 588 g/mol. The number of aromatic nitrogens is 2. The number of benzene rings is 2. The van der Waals surface area contributed by atoms with Crippen molar-refractivity contribution in [3.8, 4) is 12.1 Å². The van der Waals surface area contributed by atoms with Gasteiger partial charge in [0.1, 0.15) is 5.15 Å². The number of alkyl halides is 1. The number of halogens is 2. The first-order valence-corrected chi connectivity index (χ1v) is 12.5. The van der Waals surface area contributed by atoms with Crippen LogP contribution in [-0.4, -0.2) is 21.8 Å². The molecule has 0 radical (unpaired) electrons. The van der Waals surface area contributed by atoms with Gasteiger partial charge in [0.05, 0.1) is 34.4 Å². The van der Waals surface area contributed by atoms with Gasteiger partial charge in [0, 0.05) is 29.8 Å². The average molecular weight is 590 g/mol. The Labute approximate surface area is 233 Å². The van der Waals surface area contributed by atoms with E-state index in [1.54, 1.807) is 24.3 Å². The second-order valence-electron chi connectivity index (χ2n) is 7.56. The number of nitriles is 2. The fraction of sp³-hybridized carbons (Fsp3) is 0.0714. The number of rotatable bonds is 5. The Bertz CT molecular complexity index is 1430. The molecule has 0 aliphatic heterocycles. The molecule has 8 nitrogen and oxygen atoms in total. The Morgan fingerprint density at radius 3 is 1.58 bits per heavy atom. The second kappa shape index (κ2) is 15.5. The Kier molecular flexibility index (Phi) is 12.1. The minimum Gasteiger partial charge on any atom is -0.366 e. The molecule has 0 atom stereocenters. The molecule has 190 valence electrons. The number of hydrogen-bond acceptors (Lipinski definition) is 6. The lowest BCUT2D eigenvalue weighted by Crippen LogP contribution is -2.11. The van der Waals surface area contributed by atoms with Gasteiger partial charge in [-0.05, 0) is 59.7 Å². The first-order chi connectivity index (χ1) is 18.2. The van der Waals surface area contributed by atoms with Crippen LogP contribution in [0.3, 0.4) is 0 Å². The standard InChI is InChI=1S/C14H11N3O.C8H6BrN.C6H5ClN2O/c15-8-11-3-1-10(2-4-11)7-13-6-5-12(9-17-13)14(16)18;9-5-7-1-3-8(6-10)4-2-7;7-5-2-1-4(3-9-5)6(8)10/h1-6,9H,7H2,(H2,16,18);1-4H,5H2;1-3H,(H2,8,10). The number of pyridine rings is 2. The molecule has 0 bridgehead atoms. The largest absolute Gasteiger partial charge is 0.366 e. The van der Waals surface area contributed by atoms with Gasteiger partial charge in [-0.3, -0.25) is 14.6 Å². The SMILES string of the molecule is N#Cc1ccc(CBr)cc1.N#Cc1ccc(Cc2ccc(C(N)=O)cn2)cc1.NC(=O)c1ccc(Cl)nc1. The van der Waals surface area contributed by atoms with Gasteiger partial charge < -0.3 is 11.5 Å². The number of primary amides is 2. The Morgan fingerprint density at radius 1 is 0.737 bits per heavy atom. The van der Waals surface area contributed by atoms with E-state index < -0.39 is 11.8 Å². The molecular weight excluding hydrogens is 568 g/mol. The molecule has 0 fully saturated rings. The first-order valence-electron chi connectivity index (χ1n) is 11.0. The van der Waals surface area contributed by atoms with E-state index >= 15 is 0 Å². The maximum atomic E-state index is 10.9. The highest BCUT2D eigenvalue weighted by Crippen LogP contribution is 2.10. The third kappa shape index (κ3) is 10.2. The van der Waals surface area contributed by atoms with Gasteiger partial charge >= 0.3 is 0 Å². The van der Waals surface area contributed by atoms with Crippen molar-refractivity contribution in [2.75, 3.05) is 0 Å². The fourth-order valence-corrected chi connectivity index (χ4v) is 3.26. The zero-order valence-corrected chi connectivity index (χ0v) is 22.4. The summed E-state index contributed by atoms with van der Waals surface area (Å²) in [5.74, 6) is -0.975. The molecule has 0 unspecified atom stereocenters. The molecule has 38 heavy (non-hydrogen) atoms. The lowest BCUT2D eigenvalue weighted by molar-refractivity contribution is 0.0991. The number of carbonyl (C=O) groups excluding carboxylic acids is 2. The molecule has 2 heterocycles. The highest BCUT2D eigenvalue weighted by atomic mass is 79.9. The van der Waals surface area contributed by atoms with Gasteiger partial charge in [0.2, 0.25) is 11.8 Å². The highest BCUT2D eigenvalue weighted by molar-refractivity contribution is 9.08. The average Bonchev–Trinajstić information content (AvgIpc) is 2.95. The lowest BCUT2D eigenvalue weighted by Gasteiger charge is -2.02. The number of carbonyl (C=O) groups is 2. The zero-order valence-electron chi connectivity index (χ0n) is 20.0. The minimum absolute atomic E-state index is 0.352. The minimum atomic E-state index is -0.496. The van der Waals surface area contributed by atoms with Crippen LogP contribution in [0.5, 0.6) is 0 Å². The lowest BCUT2D eigenvalue weighted by atomic mass is 10.1. The molecule has 0 saturated heterocycles. The summed E-state index contributed by atoms with van der Waals surface area (Å²) in [4.78, 5) is 29.2. The molecule has 2 aromatic heterocycles. The van der Waals surface area contributed by atoms with Crippen LogP contribution in [0.25, 0.3) is 0 Å². The summed E-state index contributed by atoms with van der Waals surface area (Å²) in [6.45, 7) is 0. The van der Waals surface area contributed by atoms with Crippen LogP contribution in [0.4, 0.5) is 0 Å². The Hall–Kier alpha value is -4.57. The van der Waals surface area contributed by atoms with E-state index in [0.29, 0.717) is 33.8 Å². The maximum absolute atomic E-state index is 10.9. The van der Waals surface area contributed by atoms with Gasteiger partial charge in [0.15, 0.2) is 0 Å². The molecule has 0 aliphatic rings. The summed E-state index contributed by atoms with van der Waals surface area (Å²) >= 11 is 8.77. The molecule has 2 aromatic carbocycles. The smallest absolute Gasteiger partial charge is 0.250 e. The predicted molar refractivity (Wildman–Crippen MR) is 148 cm³/mol. The third-order valence-electron chi connectivity index (χ3n) is 4.83. The van der Waals surface area contributed by atoms with E-state index in [0.717, 1.165) is 16.6 Å². The molecule has 2 amide bonds. The van der Waals surface area contributed by atoms with Crippen molar-refractivity contribution < 1.29 is 9.59 Å². The van der Waals surface area contributed by atoms with Crippen molar-refractivity contribution in [1.82, 2.24) is 9.97 Å². The van der Waals surface area contributed by atoms with Crippen LogP contribution in [0.2, 0.25) is 5.15 Å². The van der Waals surface area contributed by atoms with Crippen molar-refractivity contribution in [2.24, 2.45) is 11.5 Å². The van der Waals surface area contributed by atoms with E-state index in [2.05, 4.69) is 38.0 Å². The van der Waals surface area contributed by atoms with Crippen LogP contribution in [0.15, 0.2) is 85.2 Å². The first kappa shape index (κ1) is 29.7. The van der Waals surface area contributed by atoms with Crippen molar-refractivity contribution in [3.63, 3.8) is 0 Å². The van der Waals surface area contributed by atoms with Crippen molar-refractivity contribution in [3.05, 3.63) is 129 Å². The van der Waals surface area contributed by atoms with Gasteiger partial charge in [-0.25, -0.2) is 4.98 Å². The van der Waals surface area contributed by atoms with E-state index in [1.165, 1.54) is 30.1 Å². The van der Waals surface area contributed by atoms with Crippen LogP contribution in [-0.2, 0) is 11.8 Å². The Morgan fingerprint density at radius 2 is 1.21 bits per heavy atom. The van der Waals surface area contributed by atoms with Crippen LogP contribution >= 0.6 is 27.5 Å². The summed E-state index contributed by atoms with van der Waals surface area (Å²) in [6, 6.07) is 25.4. The number of amides is 2. The molecular formula is C28H22BrClN6O2. The highest BCUT2D eigenvalue weighted by Gasteiger charge is 2.02. The summed E-state index contributed by atoms with van der Waals surface area (Å²) < 4.78 is 0. The number of nitrogens with zero attached hydrogens (tertiary/aromatic N) is 4. The molecule has 4 aromatic rings. The second-order valence-corrected chi connectivity index (χ2v) is 8.51. The van der Waals surface area contributed by atoms with Crippen molar-refractivity contribution >= 4 is 39.3 Å². The topological polar surface area (TPSA) is 160 Å². The summed E-state index contributed by atoms with van der Waals surface area (Å²) in [7, 11) is 0. The molecule has 0 spiro atoms. The van der Waals surface area contributed by atoms with Gasteiger partial charge in [-0.15, -0.1) is 0 Å². The summed E-state index contributed by atoms with van der Waals surface area (Å²) in [6.07, 6.45) is 3.47. The third-order valence-corrected chi connectivity index (χ3v) is 5.70. The summed E-state index contributed by atoms with van der Waals surface area (Å²) in [5.41, 5.74) is 15.3. The van der Waals surface area contributed by atoms with Crippen LogP contribution < -0.4 is 11.5 Å². The molecule has 0 aliphatic carbocycles. The van der Waals surface area contributed by atoms with Crippen molar-refractivity contribution in [2.45, 2.75) is 11.8 Å². The summed E-state index contributed by atoms with van der Waals surface area (Å²) in [5, 5.41) is 18.3. The van der Waals surface area contributed by atoms with Crippen LogP contribution in [0.1, 0.15) is 48.7 Å². The molecule has 10 heteroatoms. The zero-order chi connectivity index (χ0) is 27.9. The van der Waals surface area contributed by atoms with Crippen molar-refractivity contribution in [1.29, 1.82) is 10.5 Å². The molecule has 4 rings (SSSR count). The maximum Gasteiger partial charge on any atom is 0.250 e. The Balaban J connectivity index is 0.000000216. The van der Waals surface area contributed by atoms with Gasteiger partial charge in [0.25, 0.3) is 0 Å². The fourth-order valence-electron chi connectivity index (χ4n) is 2.77. The number of hydrogen-bond donors (Lipinski definition) is 2. The van der Waals surface area contributed by atoms with Gasteiger partial charge in [-0.1, -0.05) is 51.8 Å². The predicted octanol–water partition coefficient (Wildman–Crippen LogP) is 4.93. The van der Waals surface area contributed by atoms with E-state index in [4.69, 9.17) is 33.6 Å². The van der Waals surface area contributed by atoms with Crippen LogP contribution in [0, 0.1) is 22.7 Å².